The summed E-state index contributed by atoms with van der Waals surface area (Å²) >= 11 is 0. The Labute approximate surface area is 147 Å². The van der Waals surface area contributed by atoms with Crippen LogP contribution in [-0.2, 0) is 38.1 Å². The van der Waals surface area contributed by atoms with E-state index in [-0.39, 0.29) is 25.2 Å². The average Bonchev–Trinajstić information content (AvgIpc) is 2.55. The molecule has 1 aliphatic heterocycles. The zero-order valence-electron chi connectivity index (χ0n) is 15.1. The van der Waals surface area contributed by atoms with Crippen LogP contribution in [0.3, 0.4) is 0 Å². The molecule has 0 saturated carbocycles. The molecule has 142 valence electrons. The van der Waals surface area contributed by atoms with E-state index in [0.717, 1.165) is 6.08 Å². The minimum absolute atomic E-state index is 0.0118. The zero-order valence-corrected chi connectivity index (χ0v) is 15.1. The third-order valence-electron chi connectivity index (χ3n) is 3.79. The molecule has 0 aromatic carbocycles. The summed E-state index contributed by atoms with van der Waals surface area (Å²) in [5.41, 5.74) is 0. The molecule has 0 radical (unpaired) electrons. The predicted molar refractivity (Wildman–Crippen MR) is 86.3 cm³/mol. The quantitative estimate of drug-likeness (QED) is 0.278. The summed E-state index contributed by atoms with van der Waals surface area (Å²) in [5.74, 6) is -1.77. The number of carbonyl (C=O) groups is 3. The average molecular weight is 358 g/mol. The Bertz CT molecular complexity index is 489. The van der Waals surface area contributed by atoms with Crippen molar-refractivity contribution in [2.24, 2.45) is 5.92 Å². The molecule has 1 heterocycles. The van der Waals surface area contributed by atoms with Crippen molar-refractivity contribution >= 4 is 17.9 Å². The van der Waals surface area contributed by atoms with E-state index in [9.17, 15) is 14.4 Å². The van der Waals surface area contributed by atoms with Crippen LogP contribution in [-0.4, -0.2) is 55.7 Å². The summed E-state index contributed by atoms with van der Waals surface area (Å²) in [6.07, 6.45) is -1.06. The fourth-order valence-electron chi connectivity index (χ4n) is 2.69. The normalized spacial score (nSPS) is 28.7. The molecule has 1 aliphatic rings. The molecular formula is C17H26O8. The van der Waals surface area contributed by atoms with Crippen molar-refractivity contribution in [1.29, 1.82) is 0 Å². The SMILES string of the molecule is C=CC(=O)OCCOC1OC(CC)C(C)C(OC(C)=O)C1OC(C)=O. The van der Waals surface area contributed by atoms with Crippen LogP contribution in [0.1, 0.15) is 34.1 Å². The Morgan fingerprint density at radius 2 is 1.68 bits per heavy atom. The van der Waals surface area contributed by atoms with Gasteiger partial charge in [0.25, 0.3) is 0 Å². The molecule has 8 heteroatoms. The van der Waals surface area contributed by atoms with Gasteiger partial charge in [-0.1, -0.05) is 20.4 Å². The minimum atomic E-state index is -0.933. The van der Waals surface area contributed by atoms with Crippen LogP contribution >= 0.6 is 0 Å². The second-order valence-corrected chi connectivity index (χ2v) is 5.70. The van der Waals surface area contributed by atoms with Gasteiger partial charge in [-0.05, 0) is 6.42 Å². The summed E-state index contributed by atoms with van der Waals surface area (Å²) < 4.78 is 26.9. The molecule has 0 N–H and O–H groups in total. The number of carbonyl (C=O) groups excluding carboxylic acids is 3. The molecule has 5 unspecified atom stereocenters. The van der Waals surface area contributed by atoms with Gasteiger partial charge in [0.1, 0.15) is 12.7 Å². The maximum Gasteiger partial charge on any atom is 0.330 e. The summed E-state index contributed by atoms with van der Waals surface area (Å²) in [5, 5.41) is 0. The Kier molecular flexibility index (Phi) is 8.57. The Balaban J connectivity index is 2.84. The van der Waals surface area contributed by atoms with Gasteiger partial charge in [-0.25, -0.2) is 4.79 Å². The van der Waals surface area contributed by atoms with Crippen LogP contribution in [0.25, 0.3) is 0 Å². The Morgan fingerprint density at radius 1 is 1.08 bits per heavy atom. The topological polar surface area (TPSA) is 97.4 Å². The first kappa shape index (κ1) is 21.1. The molecule has 1 fully saturated rings. The minimum Gasteiger partial charge on any atom is -0.460 e. The second-order valence-electron chi connectivity index (χ2n) is 5.70. The van der Waals surface area contributed by atoms with Crippen molar-refractivity contribution in [3.8, 4) is 0 Å². The van der Waals surface area contributed by atoms with Crippen molar-refractivity contribution in [3.05, 3.63) is 12.7 Å². The lowest BCUT2D eigenvalue weighted by Crippen LogP contribution is -2.57. The third-order valence-corrected chi connectivity index (χ3v) is 3.79. The lowest BCUT2D eigenvalue weighted by atomic mass is 9.89. The van der Waals surface area contributed by atoms with Gasteiger partial charge in [0, 0.05) is 25.8 Å². The van der Waals surface area contributed by atoms with Gasteiger partial charge in [0.15, 0.2) is 12.4 Å². The number of hydrogen-bond acceptors (Lipinski definition) is 8. The van der Waals surface area contributed by atoms with E-state index in [1.807, 2.05) is 13.8 Å². The maximum atomic E-state index is 11.5. The molecule has 0 aromatic rings. The van der Waals surface area contributed by atoms with Crippen LogP contribution in [0.5, 0.6) is 0 Å². The molecule has 5 atom stereocenters. The highest BCUT2D eigenvalue weighted by atomic mass is 16.7. The van der Waals surface area contributed by atoms with E-state index >= 15 is 0 Å². The Hall–Kier alpha value is -1.93. The summed E-state index contributed by atoms with van der Waals surface area (Å²) in [7, 11) is 0. The molecular weight excluding hydrogens is 332 g/mol. The molecule has 0 spiro atoms. The van der Waals surface area contributed by atoms with Crippen molar-refractivity contribution in [1.82, 2.24) is 0 Å². The van der Waals surface area contributed by atoms with Crippen molar-refractivity contribution in [2.75, 3.05) is 13.2 Å². The maximum absolute atomic E-state index is 11.5. The monoisotopic (exact) mass is 358 g/mol. The first-order valence-corrected chi connectivity index (χ1v) is 8.20. The Morgan fingerprint density at radius 3 is 2.20 bits per heavy atom. The highest BCUT2D eigenvalue weighted by Gasteiger charge is 2.47. The molecule has 25 heavy (non-hydrogen) atoms. The van der Waals surface area contributed by atoms with Crippen LogP contribution in [0.4, 0.5) is 0 Å². The van der Waals surface area contributed by atoms with Gasteiger partial charge < -0.3 is 23.7 Å². The van der Waals surface area contributed by atoms with E-state index in [1.54, 1.807) is 0 Å². The number of rotatable bonds is 8. The smallest absolute Gasteiger partial charge is 0.330 e. The van der Waals surface area contributed by atoms with Crippen molar-refractivity contribution in [2.45, 2.75) is 58.7 Å². The number of ether oxygens (including phenoxy) is 5. The highest BCUT2D eigenvalue weighted by Crippen LogP contribution is 2.32. The summed E-state index contributed by atoms with van der Waals surface area (Å²) in [6, 6.07) is 0. The molecule has 1 saturated heterocycles. The molecule has 0 aliphatic carbocycles. The molecule has 0 bridgehead atoms. The summed E-state index contributed by atoms with van der Waals surface area (Å²) in [6.45, 7) is 9.65. The largest absolute Gasteiger partial charge is 0.460 e. The van der Waals surface area contributed by atoms with Crippen molar-refractivity contribution in [3.63, 3.8) is 0 Å². The van der Waals surface area contributed by atoms with Gasteiger partial charge in [-0.2, -0.15) is 0 Å². The van der Waals surface area contributed by atoms with Crippen LogP contribution in [0, 0.1) is 5.92 Å². The van der Waals surface area contributed by atoms with E-state index in [4.69, 9.17) is 23.7 Å². The first-order chi connectivity index (χ1) is 11.8. The molecule has 0 amide bonds. The van der Waals surface area contributed by atoms with Crippen molar-refractivity contribution < 1.29 is 38.1 Å². The van der Waals surface area contributed by atoms with Gasteiger partial charge in [0.05, 0.1) is 12.7 Å². The third kappa shape index (κ3) is 6.47. The molecule has 1 rings (SSSR count). The van der Waals surface area contributed by atoms with Gasteiger partial charge >= 0.3 is 17.9 Å². The first-order valence-electron chi connectivity index (χ1n) is 8.20. The standard InChI is InChI=1S/C17H26O8/c1-6-13-10(3)15(23-11(4)18)16(24-12(5)19)17(25-13)22-9-8-21-14(20)7-2/h7,10,13,15-17H,2,6,8-9H2,1,3-5H3. The van der Waals surface area contributed by atoms with E-state index in [0.29, 0.717) is 6.42 Å². The van der Waals surface area contributed by atoms with Gasteiger partial charge in [0.2, 0.25) is 0 Å². The predicted octanol–water partition coefficient (Wildman–Crippen LogP) is 1.37. The number of hydrogen-bond donors (Lipinski definition) is 0. The number of esters is 3. The molecule has 0 aromatic heterocycles. The second kappa shape index (κ2) is 10.1. The van der Waals surface area contributed by atoms with Crippen LogP contribution in [0.15, 0.2) is 12.7 Å². The molecule has 8 nitrogen and oxygen atoms in total. The lowest BCUT2D eigenvalue weighted by molar-refractivity contribution is -0.291. The van der Waals surface area contributed by atoms with E-state index < -0.39 is 36.4 Å². The van der Waals surface area contributed by atoms with Crippen LogP contribution < -0.4 is 0 Å². The van der Waals surface area contributed by atoms with E-state index in [1.165, 1.54) is 13.8 Å². The highest BCUT2D eigenvalue weighted by molar-refractivity contribution is 5.81. The fraction of sp³-hybridized carbons (Fsp3) is 0.706. The van der Waals surface area contributed by atoms with Gasteiger partial charge in [-0.15, -0.1) is 0 Å². The fourth-order valence-corrected chi connectivity index (χ4v) is 2.69. The summed E-state index contributed by atoms with van der Waals surface area (Å²) in [4.78, 5) is 33.9. The van der Waals surface area contributed by atoms with E-state index in [2.05, 4.69) is 6.58 Å². The van der Waals surface area contributed by atoms with Gasteiger partial charge in [-0.3, -0.25) is 9.59 Å². The lowest BCUT2D eigenvalue weighted by Gasteiger charge is -2.43. The zero-order chi connectivity index (χ0) is 19.0. The van der Waals surface area contributed by atoms with Crippen LogP contribution in [0.2, 0.25) is 0 Å².